The predicted molar refractivity (Wildman–Crippen MR) is 77.9 cm³/mol. The number of benzene rings is 1. The molecule has 0 aliphatic rings. The summed E-state index contributed by atoms with van der Waals surface area (Å²) >= 11 is 3.35. The fraction of sp³-hybridized carbons (Fsp3) is 0.231. The second-order valence-electron chi connectivity index (χ2n) is 4.01. The smallest absolute Gasteiger partial charge is 0.320 e. The van der Waals surface area contributed by atoms with Crippen LogP contribution in [0.15, 0.2) is 39.3 Å². The number of nitrogens with zero attached hydrogens (tertiary/aromatic N) is 1. The van der Waals surface area contributed by atoms with E-state index >= 15 is 0 Å². The van der Waals surface area contributed by atoms with Gasteiger partial charge in [-0.2, -0.15) is 0 Å². The first-order valence-electron chi connectivity index (χ1n) is 6.00. The number of carbonyl (C=O) groups is 1. The van der Waals surface area contributed by atoms with Crippen molar-refractivity contribution in [3.8, 4) is 5.75 Å². The summed E-state index contributed by atoms with van der Waals surface area (Å²) in [5, 5.41) is 8.87. The minimum Gasteiger partial charge on any atom is -0.492 e. The number of rotatable bonds is 5. The Morgan fingerprint density at radius 2 is 2.15 bits per heavy atom. The van der Waals surface area contributed by atoms with Crippen LogP contribution in [0.25, 0.3) is 0 Å². The zero-order valence-electron chi connectivity index (χ0n) is 10.9. The monoisotopic (exact) mass is 339 g/mol. The molecule has 2 N–H and O–H groups in total. The molecule has 0 spiro atoms. The molecule has 0 saturated heterocycles. The van der Waals surface area contributed by atoms with Gasteiger partial charge in [0.2, 0.25) is 0 Å². The molecule has 106 valence electrons. The van der Waals surface area contributed by atoms with Crippen LogP contribution in [0, 0.1) is 6.92 Å². The SMILES string of the molecule is Cc1cc(NC(=O)NCCOc2ccc(Br)cc2)no1. The van der Waals surface area contributed by atoms with Crippen molar-refractivity contribution in [3.63, 3.8) is 0 Å². The van der Waals surface area contributed by atoms with Gasteiger partial charge in [0.15, 0.2) is 5.82 Å². The first-order valence-corrected chi connectivity index (χ1v) is 6.79. The summed E-state index contributed by atoms with van der Waals surface area (Å²) in [6.45, 7) is 2.52. The minimum absolute atomic E-state index is 0.349. The summed E-state index contributed by atoms with van der Waals surface area (Å²) in [5.74, 6) is 1.77. The van der Waals surface area contributed by atoms with Crippen LogP contribution in [0.1, 0.15) is 5.76 Å². The molecule has 0 atom stereocenters. The Morgan fingerprint density at radius 1 is 1.40 bits per heavy atom. The van der Waals surface area contributed by atoms with Gasteiger partial charge in [0, 0.05) is 10.5 Å². The molecule has 1 aromatic carbocycles. The number of halogens is 1. The maximum Gasteiger partial charge on any atom is 0.320 e. The number of nitrogens with one attached hydrogen (secondary N) is 2. The molecular formula is C13H14BrN3O3. The highest BCUT2D eigenvalue weighted by Gasteiger charge is 2.04. The topological polar surface area (TPSA) is 76.4 Å². The van der Waals surface area contributed by atoms with E-state index < -0.39 is 0 Å². The average Bonchev–Trinajstić information content (AvgIpc) is 2.82. The van der Waals surface area contributed by atoms with Crippen molar-refractivity contribution in [2.75, 3.05) is 18.5 Å². The Hall–Kier alpha value is -2.02. The van der Waals surface area contributed by atoms with E-state index in [1.54, 1.807) is 13.0 Å². The number of aromatic nitrogens is 1. The standard InChI is InChI=1S/C13H14BrN3O3/c1-9-8-12(17-20-9)16-13(18)15-6-7-19-11-4-2-10(14)3-5-11/h2-5,8H,6-7H2,1H3,(H2,15,16,17,18). The van der Waals surface area contributed by atoms with Crippen LogP contribution < -0.4 is 15.4 Å². The number of amides is 2. The number of ether oxygens (including phenoxy) is 1. The van der Waals surface area contributed by atoms with E-state index in [9.17, 15) is 4.79 Å². The second kappa shape index (κ2) is 6.95. The third kappa shape index (κ3) is 4.58. The van der Waals surface area contributed by atoms with Gasteiger partial charge in [-0.3, -0.25) is 5.32 Å². The molecule has 7 heteroatoms. The molecule has 0 radical (unpaired) electrons. The number of urea groups is 1. The number of hydrogen-bond donors (Lipinski definition) is 2. The molecule has 2 amide bonds. The lowest BCUT2D eigenvalue weighted by atomic mass is 10.3. The first kappa shape index (κ1) is 14.4. The lowest BCUT2D eigenvalue weighted by molar-refractivity contribution is 0.247. The molecule has 20 heavy (non-hydrogen) atoms. The van der Waals surface area contributed by atoms with Gasteiger partial charge in [0.05, 0.1) is 6.54 Å². The minimum atomic E-state index is -0.349. The third-order valence-electron chi connectivity index (χ3n) is 2.34. The highest BCUT2D eigenvalue weighted by Crippen LogP contribution is 2.15. The molecule has 0 saturated carbocycles. The van der Waals surface area contributed by atoms with Crippen LogP contribution in [-0.2, 0) is 0 Å². The fourth-order valence-electron chi connectivity index (χ4n) is 1.45. The average molecular weight is 340 g/mol. The van der Waals surface area contributed by atoms with E-state index in [0.29, 0.717) is 24.7 Å². The molecule has 0 bridgehead atoms. The second-order valence-corrected chi connectivity index (χ2v) is 4.92. The normalized spacial score (nSPS) is 10.1. The molecule has 2 aromatic rings. The van der Waals surface area contributed by atoms with Gasteiger partial charge in [-0.25, -0.2) is 4.79 Å². The number of anilines is 1. The Morgan fingerprint density at radius 3 is 2.80 bits per heavy atom. The van der Waals surface area contributed by atoms with Crippen LogP contribution in [0.5, 0.6) is 5.75 Å². The van der Waals surface area contributed by atoms with Crippen LogP contribution >= 0.6 is 15.9 Å². The van der Waals surface area contributed by atoms with Crippen molar-refractivity contribution >= 4 is 27.8 Å². The van der Waals surface area contributed by atoms with Gasteiger partial charge in [0.25, 0.3) is 0 Å². The maximum atomic E-state index is 11.5. The van der Waals surface area contributed by atoms with Crippen molar-refractivity contribution in [3.05, 3.63) is 40.6 Å². The van der Waals surface area contributed by atoms with Gasteiger partial charge in [0.1, 0.15) is 18.1 Å². The fourth-order valence-corrected chi connectivity index (χ4v) is 1.71. The van der Waals surface area contributed by atoms with Crippen molar-refractivity contribution in [1.29, 1.82) is 0 Å². The summed E-state index contributed by atoms with van der Waals surface area (Å²) in [4.78, 5) is 11.5. The molecule has 0 unspecified atom stereocenters. The summed E-state index contributed by atoms with van der Waals surface area (Å²) in [5.41, 5.74) is 0. The lowest BCUT2D eigenvalue weighted by Gasteiger charge is -2.07. The maximum absolute atomic E-state index is 11.5. The quantitative estimate of drug-likeness (QED) is 0.821. The Kier molecular flexibility index (Phi) is 5.00. The van der Waals surface area contributed by atoms with E-state index in [4.69, 9.17) is 9.26 Å². The van der Waals surface area contributed by atoms with E-state index in [1.807, 2.05) is 24.3 Å². The number of hydrogen-bond acceptors (Lipinski definition) is 4. The van der Waals surface area contributed by atoms with Gasteiger partial charge >= 0.3 is 6.03 Å². The highest BCUT2D eigenvalue weighted by molar-refractivity contribution is 9.10. The van der Waals surface area contributed by atoms with Crippen LogP contribution in [0.2, 0.25) is 0 Å². The van der Waals surface area contributed by atoms with Crippen molar-refractivity contribution in [2.45, 2.75) is 6.92 Å². The third-order valence-corrected chi connectivity index (χ3v) is 2.87. The summed E-state index contributed by atoms with van der Waals surface area (Å²) < 4.78 is 11.3. The molecule has 0 fully saturated rings. The van der Waals surface area contributed by atoms with Crippen molar-refractivity contribution in [1.82, 2.24) is 10.5 Å². The Bertz CT molecular complexity index is 568. The zero-order chi connectivity index (χ0) is 14.4. The molecule has 0 aliphatic carbocycles. The molecule has 6 nitrogen and oxygen atoms in total. The van der Waals surface area contributed by atoms with Gasteiger partial charge in [-0.05, 0) is 31.2 Å². The van der Waals surface area contributed by atoms with E-state index in [0.717, 1.165) is 10.2 Å². The lowest BCUT2D eigenvalue weighted by Crippen LogP contribution is -2.32. The molecule has 0 aliphatic heterocycles. The largest absolute Gasteiger partial charge is 0.492 e. The van der Waals surface area contributed by atoms with E-state index in [1.165, 1.54) is 0 Å². The van der Waals surface area contributed by atoms with Crippen LogP contribution in [0.3, 0.4) is 0 Å². The molecular weight excluding hydrogens is 326 g/mol. The number of carbonyl (C=O) groups excluding carboxylic acids is 1. The zero-order valence-corrected chi connectivity index (χ0v) is 12.4. The highest BCUT2D eigenvalue weighted by atomic mass is 79.9. The summed E-state index contributed by atoms with van der Waals surface area (Å²) in [6.07, 6.45) is 0. The van der Waals surface area contributed by atoms with Crippen LogP contribution in [0.4, 0.5) is 10.6 Å². The van der Waals surface area contributed by atoms with Gasteiger partial charge in [-0.15, -0.1) is 0 Å². The summed E-state index contributed by atoms with van der Waals surface area (Å²) in [6, 6.07) is 8.77. The van der Waals surface area contributed by atoms with Crippen LogP contribution in [-0.4, -0.2) is 24.3 Å². The first-order chi connectivity index (χ1) is 9.63. The summed E-state index contributed by atoms with van der Waals surface area (Å²) in [7, 11) is 0. The van der Waals surface area contributed by atoms with Gasteiger partial charge in [-0.1, -0.05) is 21.1 Å². The number of aryl methyl sites for hydroxylation is 1. The Balaban J connectivity index is 1.65. The van der Waals surface area contributed by atoms with Gasteiger partial charge < -0.3 is 14.6 Å². The predicted octanol–water partition coefficient (Wildman–Crippen LogP) is 2.95. The van der Waals surface area contributed by atoms with Crippen molar-refractivity contribution < 1.29 is 14.1 Å². The van der Waals surface area contributed by atoms with Crippen molar-refractivity contribution in [2.24, 2.45) is 0 Å². The molecule has 1 aromatic heterocycles. The van der Waals surface area contributed by atoms with E-state index in [-0.39, 0.29) is 6.03 Å². The van der Waals surface area contributed by atoms with E-state index in [2.05, 4.69) is 31.7 Å². The molecule has 2 rings (SSSR count). The Labute approximate surface area is 124 Å². The molecule has 1 heterocycles.